The summed E-state index contributed by atoms with van der Waals surface area (Å²) < 4.78 is 19.0. The molecule has 0 amide bonds. The molecule has 0 aliphatic carbocycles. The van der Waals surface area contributed by atoms with Crippen LogP contribution in [0.15, 0.2) is 54.0 Å². The van der Waals surface area contributed by atoms with Crippen molar-refractivity contribution in [3.63, 3.8) is 0 Å². The largest absolute Gasteiger partial charge is 0.497 e. The van der Waals surface area contributed by atoms with Crippen molar-refractivity contribution in [1.82, 2.24) is 4.98 Å². The predicted octanol–water partition coefficient (Wildman–Crippen LogP) is 5.24. The van der Waals surface area contributed by atoms with Gasteiger partial charge in [-0.1, -0.05) is 6.07 Å². The van der Waals surface area contributed by atoms with Crippen LogP contribution in [0, 0.1) is 24.1 Å². The van der Waals surface area contributed by atoms with Gasteiger partial charge in [0.1, 0.15) is 28.2 Å². The lowest BCUT2D eigenvalue weighted by molar-refractivity contribution is 0.415. The minimum absolute atomic E-state index is 0.324. The van der Waals surface area contributed by atoms with Gasteiger partial charge in [0.05, 0.1) is 18.5 Å². The Labute approximate surface area is 155 Å². The number of nitrogens with zero attached hydrogens (tertiary/aromatic N) is 2. The smallest absolute Gasteiger partial charge is 0.146 e. The van der Waals surface area contributed by atoms with Crippen LogP contribution in [0.4, 0.5) is 10.1 Å². The molecule has 0 saturated carbocycles. The summed E-state index contributed by atoms with van der Waals surface area (Å²) in [4.78, 5) is 4.51. The number of aryl methyl sites for hydroxylation is 1. The molecule has 2 aromatic carbocycles. The van der Waals surface area contributed by atoms with E-state index < -0.39 is 0 Å². The van der Waals surface area contributed by atoms with E-state index in [1.54, 1.807) is 19.2 Å². The number of thiazole rings is 1. The van der Waals surface area contributed by atoms with Crippen molar-refractivity contribution in [2.24, 2.45) is 0 Å². The quantitative estimate of drug-likeness (QED) is 0.628. The summed E-state index contributed by atoms with van der Waals surface area (Å²) in [5, 5.41) is 14.7. The molecular formula is C20H16FN3OS. The van der Waals surface area contributed by atoms with Gasteiger partial charge in [0.15, 0.2) is 0 Å². The maximum atomic E-state index is 13.8. The van der Waals surface area contributed by atoms with Crippen molar-refractivity contribution in [3.05, 3.63) is 70.4 Å². The van der Waals surface area contributed by atoms with Gasteiger partial charge in [-0.15, -0.1) is 11.3 Å². The molecule has 0 radical (unpaired) electrons. The topological polar surface area (TPSA) is 57.9 Å². The summed E-state index contributed by atoms with van der Waals surface area (Å²) in [6.07, 6.45) is 1.48. The SMILES string of the molecule is COc1ccc(-c2csc(C(C#N)=CNc3cc(C)ccc3F)n2)cc1. The molecule has 1 aromatic heterocycles. The van der Waals surface area contributed by atoms with Gasteiger partial charge in [0, 0.05) is 17.1 Å². The number of rotatable bonds is 5. The van der Waals surface area contributed by atoms with E-state index in [4.69, 9.17) is 4.74 Å². The van der Waals surface area contributed by atoms with Gasteiger partial charge in [0.25, 0.3) is 0 Å². The number of anilines is 1. The third-order valence-corrected chi connectivity index (χ3v) is 4.61. The minimum Gasteiger partial charge on any atom is -0.497 e. The molecule has 0 aliphatic heterocycles. The van der Waals surface area contributed by atoms with Crippen molar-refractivity contribution in [2.75, 3.05) is 12.4 Å². The average Bonchev–Trinajstić information content (AvgIpc) is 3.15. The van der Waals surface area contributed by atoms with E-state index in [1.165, 1.54) is 23.6 Å². The number of allylic oxidation sites excluding steroid dienone is 1. The molecule has 26 heavy (non-hydrogen) atoms. The number of hydrogen-bond acceptors (Lipinski definition) is 5. The fraction of sp³-hybridized carbons (Fsp3) is 0.100. The van der Waals surface area contributed by atoms with E-state index in [0.29, 0.717) is 16.3 Å². The second kappa shape index (κ2) is 7.81. The van der Waals surface area contributed by atoms with Crippen LogP contribution in [-0.4, -0.2) is 12.1 Å². The lowest BCUT2D eigenvalue weighted by atomic mass is 10.2. The Hall–Kier alpha value is -3.17. The van der Waals surface area contributed by atoms with E-state index in [1.807, 2.05) is 36.6 Å². The molecule has 0 bridgehead atoms. The van der Waals surface area contributed by atoms with Gasteiger partial charge in [0.2, 0.25) is 0 Å². The lowest BCUT2D eigenvalue weighted by Crippen LogP contribution is -1.94. The molecule has 1 heterocycles. The number of halogens is 1. The lowest BCUT2D eigenvalue weighted by Gasteiger charge is -2.04. The Balaban J connectivity index is 1.83. The van der Waals surface area contributed by atoms with Crippen molar-refractivity contribution in [2.45, 2.75) is 6.92 Å². The van der Waals surface area contributed by atoms with E-state index in [9.17, 15) is 9.65 Å². The summed E-state index contributed by atoms with van der Waals surface area (Å²) in [6, 6.07) is 14.4. The van der Waals surface area contributed by atoms with Crippen molar-refractivity contribution in [3.8, 4) is 23.1 Å². The molecule has 0 spiro atoms. The van der Waals surface area contributed by atoms with Gasteiger partial charge in [-0.05, 0) is 48.9 Å². The van der Waals surface area contributed by atoms with Crippen molar-refractivity contribution in [1.29, 1.82) is 5.26 Å². The van der Waals surface area contributed by atoms with Gasteiger partial charge >= 0.3 is 0 Å². The van der Waals surface area contributed by atoms with Crippen LogP contribution in [0.2, 0.25) is 0 Å². The molecular weight excluding hydrogens is 349 g/mol. The van der Waals surface area contributed by atoms with Crippen molar-refractivity contribution >= 4 is 22.6 Å². The zero-order valence-corrected chi connectivity index (χ0v) is 15.1. The highest BCUT2D eigenvalue weighted by Gasteiger charge is 2.10. The summed E-state index contributed by atoms with van der Waals surface area (Å²) in [5.41, 5.74) is 3.30. The molecule has 0 fully saturated rings. The van der Waals surface area contributed by atoms with Crippen LogP contribution >= 0.6 is 11.3 Å². The molecule has 0 atom stereocenters. The minimum atomic E-state index is -0.373. The second-order valence-electron chi connectivity index (χ2n) is 5.56. The number of nitriles is 1. The number of nitrogens with one attached hydrogen (secondary N) is 1. The molecule has 3 aromatic rings. The predicted molar refractivity (Wildman–Crippen MR) is 102 cm³/mol. The Morgan fingerprint density at radius 1 is 1.27 bits per heavy atom. The molecule has 0 unspecified atom stereocenters. The maximum absolute atomic E-state index is 13.8. The van der Waals surface area contributed by atoms with E-state index in [0.717, 1.165) is 22.6 Å². The van der Waals surface area contributed by atoms with Crippen LogP contribution in [0.1, 0.15) is 10.6 Å². The number of hydrogen-bond donors (Lipinski definition) is 1. The summed E-state index contributed by atoms with van der Waals surface area (Å²) >= 11 is 1.36. The molecule has 3 rings (SSSR count). The molecule has 130 valence electrons. The highest BCUT2D eigenvalue weighted by Crippen LogP contribution is 2.27. The van der Waals surface area contributed by atoms with E-state index in [-0.39, 0.29) is 5.82 Å². The third kappa shape index (κ3) is 3.90. The van der Waals surface area contributed by atoms with Crippen LogP contribution in [-0.2, 0) is 0 Å². The zero-order valence-electron chi connectivity index (χ0n) is 14.3. The van der Waals surface area contributed by atoms with Gasteiger partial charge in [-0.3, -0.25) is 0 Å². The monoisotopic (exact) mass is 365 g/mol. The zero-order chi connectivity index (χ0) is 18.5. The van der Waals surface area contributed by atoms with Crippen LogP contribution in [0.3, 0.4) is 0 Å². The highest BCUT2D eigenvalue weighted by molar-refractivity contribution is 7.11. The van der Waals surface area contributed by atoms with Crippen LogP contribution in [0.25, 0.3) is 16.8 Å². The Bertz CT molecular complexity index is 987. The highest BCUT2D eigenvalue weighted by atomic mass is 32.1. The Morgan fingerprint density at radius 3 is 2.73 bits per heavy atom. The summed E-state index contributed by atoms with van der Waals surface area (Å²) in [7, 11) is 1.62. The Morgan fingerprint density at radius 2 is 2.04 bits per heavy atom. The van der Waals surface area contributed by atoms with Gasteiger partial charge in [-0.2, -0.15) is 5.26 Å². The summed E-state index contributed by atoms with van der Waals surface area (Å²) in [5.74, 6) is 0.397. The Kier molecular flexibility index (Phi) is 5.30. The fourth-order valence-electron chi connectivity index (χ4n) is 2.33. The first-order valence-electron chi connectivity index (χ1n) is 7.84. The number of benzene rings is 2. The molecule has 6 heteroatoms. The van der Waals surface area contributed by atoms with Crippen LogP contribution in [0.5, 0.6) is 5.75 Å². The van der Waals surface area contributed by atoms with E-state index in [2.05, 4.69) is 16.4 Å². The van der Waals surface area contributed by atoms with Gasteiger partial charge in [-0.25, -0.2) is 9.37 Å². The maximum Gasteiger partial charge on any atom is 0.146 e. The molecule has 4 nitrogen and oxygen atoms in total. The molecule has 1 N–H and O–H groups in total. The molecule has 0 aliphatic rings. The average molecular weight is 365 g/mol. The standard InChI is InChI=1S/C20H16FN3OS/c1-13-3-8-17(21)18(9-13)23-11-15(10-22)20-24-19(12-26-20)14-4-6-16(25-2)7-5-14/h3-9,11-12,23H,1-2H3. The van der Waals surface area contributed by atoms with E-state index >= 15 is 0 Å². The number of methoxy groups -OCH3 is 1. The fourth-order valence-corrected chi connectivity index (χ4v) is 3.13. The first-order chi connectivity index (χ1) is 12.6. The third-order valence-electron chi connectivity index (χ3n) is 3.73. The second-order valence-corrected chi connectivity index (χ2v) is 6.42. The van der Waals surface area contributed by atoms with Gasteiger partial charge < -0.3 is 10.1 Å². The summed E-state index contributed by atoms with van der Waals surface area (Å²) in [6.45, 7) is 1.88. The normalized spacial score (nSPS) is 11.1. The van der Waals surface area contributed by atoms with Crippen LogP contribution < -0.4 is 10.1 Å². The first kappa shape index (κ1) is 17.6. The first-order valence-corrected chi connectivity index (χ1v) is 8.72. The number of ether oxygens (including phenoxy) is 1. The number of aromatic nitrogens is 1. The van der Waals surface area contributed by atoms with Crippen molar-refractivity contribution < 1.29 is 9.13 Å². The molecule has 0 saturated heterocycles.